The molecule has 41 heavy (non-hydrogen) atoms. The molecule has 1 saturated carbocycles. The van der Waals surface area contributed by atoms with Gasteiger partial charge in [-0.1, -0.05) is 12.1 Å². The molecule has 3 aromatic heterocycles. The zero-order valence-corrected chi connectivity index (χ0v) is 24.2. The van der Waals surface area contributed by atoms with Gasteiger partial charge in [0.05, 0.1) is 0 Å². The molecule has 4 aromatic rings. The van der Waals surface area contributed by atoms with Crippen LogP contribution in [0.1, 0.15) is 72.6 Å². The normalized spacial score (nSPS) is 18.9. The van der Waals surface area contributed by atoms with Gasteiger partial charge in [-0.3, -0.25) is 14.0 Å². The number of hydrogen-bond acceptors (Lipinski definition) is 7. The van der Waals surface area contributed by atoms with E-state index in [1.807, 2.05) is 46.0 Å². The summed E-state index contributed by atoms with van der Waals surface area (Å²) in [5.74, 6) is 3.31. The van der Waals surface area contributed by atoms with Gasteiger partial charge in [0.25, 0.3) is 5.91 Å². The van der Waals surface area contributed by atoms with E-state index in [4.69, 9.17) is 10.7 Å². The number of thioether (sulfide) groups is 1. The van der Waals surface area contributed by atoms with E-state index in [1.165, 1.54) is 18.4 Å². The van der Waals surface area contributed by atoms with Crippen molar-refractivity contribution < 1.29 is 9.59 Å². The summed E-state index contributed by atoms with van der Waals surface area (Å²) in [6.07, 6.45) is 12.1. The largest absolute Gasteiger partial charge is 0.382 e. The van der Waals surface area contributed by atoms with Gasteiger partial charge in [-0.25, -0.2) is 15.0 Å². The molecule has 0 spiro atoms. The zero-order chi connectivity index (χ0) is 28.5. The number of amides is 2. The average Bonchev–Trinajstić information content (AvgIpc) is 3.77. The molecule has 6 rings (SSSR count). The van der Waals surface area contributed by atoms with Crippen LogP contribution in [0, 0.1) is 0 Å². The van der Waals surface area contributed by atoms with Gasteiger partial charge in [0.1, 0.15) is 28.7 Å². The van der Waals surface area contributed by atoms with Crippen molar-refractivity contribution in [2.75, 3.05) is 29.6 Å². The van der Waals surface area contributed by atoms with Gasteiger partial charge in [0, 0.05) is 60.4 Å². The third-order valence-electron chi connectivity index (χ3n) is 8.19. The highest BCUT2D eigenvalue weighted by Crippen LogP contribution is 2.40. The van der Waals surface area contributed by atoms with Crippen molar-refractivity contribution in [2.45, 2.75) is 56.9 Å². The number of nitrogens with zero attached hydrogens (tertiary/aromatic N) is 5. The maximum Gasteiger partial charge on any atom is 0.256 e. The predicted octanol–water partition coefficient (Wildman–Crippen LogP) is 5.35. The van der Waals surface area contributed by atoms with Gasteiger partial charge in [-0.2, -0.15) is 11.8 Å². The minimum Gasteiger partial charge on any atom is -0.382 e. The van der Waals surface area contributed by atoms with E-state index in [9.17, 15) is 9.59 Å². The highest BCUT2D eigenvalue weighted by atomic mass is 32.2. The molecular formula is C31H35N7O2S. The molecule has 0 radical (unpaired) electrons. The molecule has 4 heterocycles. The standard InChI is InChI=1S/C31H35N7O2S/c1-19-3-4-24(18-38(19)26(39)12-16-41-2)30-36-27(28-29(32)34-14-15-37(28)30)21-7-9-22(10-8-21)31(40)35-25-17-23(11-13-33-25)20-5-6-20/h7-11,13-15,17,19-20,24H,3-6,12,16,18H2,1-2H3,(H2,32,34)(H,33,35,40)/t19-,24?/m0/s1. The monoisotopic (exact) mass is 569 g/mol. The van der Waals surface area contributed by atoms with Crippen LogP contribution < -0.4 is 11.1 Å². The van der Waals surface area contributed by atoms with Crippen LogP contribution in [0.2, 0.25) is 0 Å². The Hall–Kier alpha value is -3.92. The molecule has 212 valence electrons. The fraction of sp³-hybridized carbons (Fsp3) is 0.387. The van der Waals surface area contributed by atoms with Crippen molar-refractivity contribution in [1.82, 2.24) is 24.3 Å². The first-order chi connectivity index (χ1) is 19.9. The first-order valence-electron chi connectivity index (χ1n) is 14.2. The Balaban J connectivity index is 1.26. The first kappa shape index (κ1) is 27.3. The lowest BCUT2D eigenvalue weighted by molar-refractivity contribution is -0.134. The number of pyridine rings is 1. The van der Waals surface area contributed by atoms with Crippen LogP contribution in [-0.4, -0.2) is 60.7 Å². The molecule has 2 aliphatic rings. The van der Waals surface area contributed by atoms with Crippen molar-refractivity contribution in [3.8, 4) is 11.3 Å². The topological polar surface area (TPSA) is 119 Å². The molecule has 1 aromatic carbocycles. The van der Waals surface area contributed by atoms with Crippen LogP contribution in [0.5, 0.6) is 0 Å². The highest BCUT2D eigenvalue weighted by Gasteiger charge is 2.32. The predicted molar refractivity (Wildman–Crippen MR) is 163 cm³/mol. The molecule has 3 N–H and O–H groups in total. The van der Waals surface area contributed by atoms with Crippen LogP contribution in [0.25, 0.3) is 16.8 Å². The van der Waals surface area contributed by atoms with Crippen LogP contribution in [0.3, 0.4) is 0 Å². The van der Waals surface area contributed by atoms with E-state index in [0.717, 1.165) is 41.2 Å². The summed E-state index contributed by atoms with van der Waals surface area (Å²) >= 11 is 1.69. The lowest BCUT2D eigenvalue weighted by atomic mass is 9.92. The fourth-order valence-corrected chi connectivity index (χ4v) is 6.11. The van der Waals surface area contributed by atoms with Crippen molar-refractivity contribution >= 4 is 40.7 Å². The molecule has 1 aliphatic carbocycles. The maximum absolute atomic E-state index is 13.0. The Morgan fingerprint density at radius 3 is 2.59 bits per heavy atom. The van der Waals surface area contributed by atoms with Crippen LogP contribution in [-0.2, 0) is 4.79 Å². The number of carbonyl (C=O) groups excluding carboxylic acids is 2. The minimum absolute atomic E-state index is 0.0800. The number of imidazole rings is 1. The number of nitrogens with two attached hydrogens (primary N) is 1. The van der Waals surface area contributed by atoms with E-state index in [1.54, 1.807) is 36.3 Å². The van der Waals surface area contributed by atoms with E-state index >= 15 is 0 Å². The molecule has 2 atom stereocenters. The molecule has 0 bridgehead atoms. The van der Waals surface area contributed by atoms with E-state index < -0.39 is 0 Å². The smallest absolute Gasteiger partial charge is 0.256 e. The average molecular weight is 570 g/mol. The summed E-state index contributed by atoms with van der Waals surface area (Å²) < 4.78 is 2.02. The van der Waals surface area contributed by atoms with E-state index in [-0.39, 0.29) is 23.8 Å². The molecular weight excluding hydrogens is 534 g/mol. The Morgan fingerprint density at radius 2 is 1.83 bits per heavy atom. The number of carbonyl (C=O) groups is 2. The summed E-state index contributed by atoms with van der Waals surface area (Å²) in [6, 6.07) is 11.6. The molecule has 9 nitrogen and oxygen atoms in total. The van der Waals surface area contributed by atoms with E-state index in [2.05, 4.69) is 22.2 Å². The molecule has 10 heteroatoms. The van der Waals surface area contributed by atoms with Crippen molar-refractivity contribution in [1.29, 1.82) is 0 Å². The minimum atomic E-state index is -0.212. The van der Waals surface area contributed by atoms with Crippen molar-refractivity contribution in [3.63, 3.8) is 0 Å². The molecule has 1 unspecified atom stereocenters. The van der Waals surface area contributed by atoms with E-state index in [0.29, 0.717) is 36.1 Å². The molecule has 2 amide bonds. The number of hydrogen-bond donors (Lipinski definition) is 2. The second kappa shape index (κ2) is 11.5. The quantitative estimate of drug-likeness (QED) is 0.294. The van der Waals surface area contributed by atoms with Gasteiger partial charge in [-0.15, -0.1) is 0 Å². The lowest BCUT2D eigenvalue weighted by Gasteiger charge is -2.37. The number of piperidine rings is 1. The molecule has 2 fully saturated rings. The summed E-state index contributed by atoms with van der Waals surface area (Å²) in [6.45, 7) is 2.76. The number of rotatable bonds is 8. The van der Waals surface area contributed by atoms with Crippen LogP contribution in [0.15, 0.2) is 55.0 Å². The number of benzene rings is 1. The number of fused-ring (bicyclic) bond motifs is 1. The third kappa shape index (κ3) is 5.66. The zero-order valence-electron chi connectivity index (χ0n) is 23.4. The number of anilines is 2. The highest BCUT2D eigenvalue weighted by molar-refractivity contribution is 7.98. The third-order valence-corrected chi connectivity index (χ3v) is 8.81. The number of aromatic nitrogens is 4. The Morgan fingerprint density at radius 1 is 1.05 bits per heavy atom. The summed E-state index contributed by atoms with van der Waals surface area (Å²) in [7, 11) is 0. The lowest BCUT2D eigenvalue weighted by Crippen LogP contribution is -2.45. The summed E-state index contributed by atoms with van der Waals surface area (Å²) in [5, 5.41) is 2.92. The second-order valence-corrected chi connectivity index (χ2v) is 12.0. The van der Waals surface area contributed by atoms with Crippen LogP contribution >= 0.6 is 11.8 Å². The van der Waals surface area contributed by atoms with Crippen LogP contribution in [0.4, 0.5) is 11.6 Å². The first-order valence-corrected chi connectivity index (χ1v) is 15.6. The summed E-state index contributed by atoms with van der Waals surface area (Å²) in [4.78, 5) is 41.7. The number of likely N-dealkylation sites (tertiary alicyclic amines) is 1. The number of nitrogens with one attached hydrogen (secondary N) is 1. The fourth-order valence-electron chi connectivity index (χ4n) is 5.73. The van der Waals surface area contributed by atoms with Gasteiger partial charge in [0.2, 0.25) is 5.91 Å². The molecule has 1 saturated heterocycles. The second-order valence-electron chi connectivity index (χ2n) is 11.0. The van der Waals surface area contributed by atoms with Gasteiger partial charge >= 0.3 is 0 Å². The summed E-state index contributed by atoms with van der Waals surface area (Å²) in [5.41, 5.74) is 10.4. The van der Waals surface area contributed by atoms with Gasteiger partial charge in [-0.05, 0) is 74.6 Å². The maximum atomic E-state index is 13.0. The van der Waals surface area contributed by atoms with Gasteiger partial charge in [0.15, 0.2) is 0 Å². The Labute approximate surface area is 244 Å². The van der Waals surface area contributed by atoms with Crippen molar-refractivity contribution in [3.05, 3.63) is 71.9 Å². The SMILES string of the molecule is CSCCC(=O)N1CC(c2nc(-c3ccc(C(=O)Nc4cc(C5CC5)ccn4)cc3)c3c(N)nccn23)CC[C@@H]1C. The Kier molecular flexibility index (Phi) is 7.66. The van der Waals surface area contributed by atoms with Gasteiger partial charge < -0.3 is 16.0 Å². The Bertz CT molecular complexity index is 1580. The van der Waals surface area contributed by atoms with Crippen molar-refractivity contribution in [2.24, 2.45) is 0 Å². The molecule has 1 aliphatic heterocycles. The number of nitrogen functional groups attached to an aromatic ring is 1.